The minimum absolute atomic E-state index is 0.921. The number of rotatable bonds is 4. The van der Waals surface area contributed by atoms with Crippen LogP contribution < -0.4 is 10.4 Å². The van der Waals surface area contributed by atoms with Crippen LogP contribution in [0.4, 0.5) is 0 Å². The Kier molecular flexibility index (Phi) is 6.50. The maximum Gasteiger partial charge on any atom is 0.143 e. The van der Waals surface area contributed by atoms with E-state index in [9.17, 15) is 0 Å². The van der Waals surface area contributed by atoms with Gasteiger partial charge in [0.05, 0.1) is 22.2 Å². The standard InChI is InChI=1S/C52H36N2OSi/c1-56(2)49-22-11-8-17-42(49)50-52(56)44-32-35(34-25-29-46-43(31-34)39-15-6-9-20-45(39)53(46)36-13-4-3-5-14-36)26-30-47(44)54(50)37-27-23-33(24-28-37)38-18-12-19-41-40-16-7-10-21-48(40)55-51(38)41/h3-32H,1-2H3. The molecule has 0 unspecified atom stereocenters. The molecule has 56 heavy (non-hydrogen) atoms. The number of hydrogen-bond donors (Lipinski definition) is 0. The van der Waals surface area contributed by atoms with E-state index in [2.05, 4.69) is 198 Å². The molecule has 4 heteroatoms. The maximum atomic E-state index is 6.43. The second-order valence-corrected chi connectivity index (χ2v) is 20.0. The normalized spacial score (nSPS) is 13.3. The highest BCUT2D eigenvalue weighted by Crippen LogP contribution is 2.41. The Labute approximate surface area is 325 Å². The summed E-state index contributed by atoms with van der Waals surface area (Å²) in [5.74, 6) is 0. The van der Waals surface area contributed by atoms with Crippen LogP contribution in [0.25, 0.3) is 99.5 Å². The lowest BCUT2D eigenvalue weighted by Gasteiger charge is -2.19. The molecule has 12 rings (SSSR count). The third kappa shape index (κ3) is 4.33. The van der Waals surface area contributed by atoms with E-state index in [0.29, 0.717) is 0 Å². The van der Waals surface area contributed by atoms with E-state index < -0.39 is 8.07 Å². The van der Waals surface area contributed by atoms with Crippen LogP contribution in [0.1, 0.15) is 0 Å². The number of benzene rings is 8. The van der Waals surface area contributed by atoms with Crippen LogP contribution in [-0.2, 0) is 0 Å². The molecule has 0 aliphatic carbocycles. The van der Waals surface area contributed by atoms with Gasteiger partial charge in [-0.15, -0.1) is 0 Å². The van der Waals surface area contributed by atoms with Crippen molar-refractivity contribution >= 4 is 73.1 Å². The molecule has 0 atom stereocenters. The molecule has 0 radical (unpaired) electrons. The molecule has 0 saturated carbocycles. The summed E-state index contributed by atoms with van der Waals surface area (Å²) in [5.41, 5.74) is 15.3. The van der Waals surface area contributed by atoms with Gasteiger partial charge in [-0.2, -0.15) is 0 Å². The first-order valence-corrected chi connectivity index (χ1v) is 22.4. The predicted octanol–water partition coefficient (Wildman–Crippen LogP) is 12.8. The number of aromatic nitrogens is 2. The van der Waals surface area contributed by atoms with Crippen LogP contribution in [0.5, 0.6) is 0 Å². The molecule has 0 spiro atoms. The molecular formula is C52H36N2OSi. The van der Waals surface area contributed by atoms with Crippen molar-refractivity contribution in [3.8, 4) is 44.9 Å². The zero-order valence-electron chi connectivity index (χ0n) is 31.1. The van der Waals surface area contributed by atoms with Crippen LogP contribution in [-0.4, -0.2) is 17.2 Å². The molecule has 1 aliphatic heterocycles. The highest BCUT2D eigenvalue weighted by Gasteiger charge is 2.42. The Bertz CT molecular complexity index is 3380. The molecule has 4 heterocycles. The molecule has 1 aliphatic rings. The summed E-state index contributed by atoms with van der Waals surface area (Å²) in [6.45, 7) is 5.05. The van der Waals surface area contributed by atoms with Gasteiger partial charge < -0.3 is 13.6 Å². The van der Waals surface area contributed by atoms with Gasteiger partial charge >= 0.3 is 0 Å². The van der Waals surface area contributed by atoms with Crippen molar-refractivity contribution in [2.45, 2.75) is 13.1 Å². The second kappa shape index (κ2) is 11.6. The van der Waals surface area contributed by atoms with Crippen molar-refractivity contribution < 1.29 is 4.42 Å². The predicted molar refractivity (Wildman–Crippen MR) is 238 cm³/mol. The van der Waals surface area contributed by atoms with Gasteiger partial charge in [-0.1, -0.05) is 134 Å². The third-order valence-electron chi connectivity index (χ3n) is 12.3. The fourth-order valence-corrected chi connectivity index (χ4v) is 13.1. The summed E-state index contributed by atoms with van der Waals surface area (Å²) in [5, 5.41) is 9.22. The number of fused-ring (bicyclic) bond motifs is 11. The summed E-state index contributed by atoms with van der Waals surface area (Å²) in [6, 6.07) is 66.6. The Morgan fingerprint density at radius 1 is 0.411 bits per heavy atom. The Balaban J connectivity index is 1.04. The monoisotopic (exact) mass is 732 g/mol. The lowest BCUT2D eigenvalue weighted by Crippen LogP contribution is -2.49. The Hall–Kier alpha value is -6.88. The molecule has 8 aromatic carbocycles. The van der Waals surface area contributed by atoms with Gasteiger partial charge in [0.2, 0.25) is 0 Å². The molecule has 3 aromatic heterocycles. The summed E-state index contributed by atoms with van der Waals surface area (Å²) in [6.07, 6.45) is 0. The largest absolute Gasteiger partial charge is 0.455 e. The number of furan rings is 1. The first-order valence-electron chi connectivity index (χ1n) is 19.4. The van der Waals surface area contributed by atoms with Crippen LogP contribution >= 0.6 is 0 Å². The SMILES string of the molecule is C[Si]1(C)c2ccccc2-c2c1c1cc(-c3ccc4c(c3)c3ccccc3n4-c3ccccc3)ccc1n2-c1ccc(-c2cccc3c2oc2ccccc23)cc1. The van der Waals surface area contributed by atoms with E-state index in [1.54, 1.807) is 0 Å². The van der Waals surface area contributed by atoms with E-state index in [0.717, 1.165) is 33.1 Å². The van der Waals surface area contributed by atoms with E-state index in [1.807, 2.05) is 6.07 Å². The summed E-state index contributed by atoms with van der Waals surface area (Å²) in [7, 11) is -2.04. The Morgan fingerprint density at radius 2 is 1.00 bits per heavy atom. The van der Waals surface area contributed by atoms with Crippen molar-refractivity contribution in [2.75, 3.05) is 0 Å². The average molecular weight is 733 g/mol. The van der Waals surface area contributed by atoms with Gasteiger partial charge in [-0.05, 0) is 93.3 Å². The summed E-state index contributed by atoms with van der Waals surface area (Å²) < 4.78 is 11.3. The minimum Gasteiger partial charge on any atom is -0.455 e. The smallest absolute Gasteiger partial charge is 0.143 e. The van der Waals surface area contributed by atoms with Crippen LogP contribution in [0.15, 0.2) is 186 Å². The highest BCUT2D eigenvalue weighted by molar-refractivity contribution is 7.05. The quantitative estimate of drug-likeness (QED) is 0.165. The fraction of sp³-hybridized carbons (Fsp3) is 0.0385. The molecular weight excluding hydrogens is 697 g/mol. The maximum absolute atomic E-state index is 6.43. The van der Waals surface area contributed by atoms with Gasteiger partial charge in [-0.3, -0.25) is 0 Å². The zero-order chi connectivity index (χ0) is 37.1. The molecule has 3 nitrogen and oxygen atoms in total. The van der Waals surface area contributed by atoms with Gasteiger partial charge in [-0.25, -0.2) is 0 Å². The second-order valence-electron chi connectivity index (χ2n) is 15.7. The number of para-hydroxylation sites is 4. The van der Waals surface area contributed by atoms with E-state index >= 15 is 0 Å². The van der Waals surface area contributed by atoms with Crippen molar-refractivity contribution in [2.24, 2.45) is 0 Å². The van der Waals surface area contributed by atoms with Gasteiger partial charge in [0, 0.05) is 43.9 Å². The molecule has 0 N–H and O–H groups in total. The third-order valence-corrected chi connectivity index (χ3v) is 15.8. The molecule has 264 valence electrons. The number of nitrogens with zero attached hydrogens (tertiary/aromatic N) is 2. The van der Waals surface area contributed by atoms with Crippen molar-refractivity contribution in [3.63, 3.8) is 0 Å². The lowest BCUT2D eigenvalue weighted by atomic mass is 10.0. The molecule has 0 saturated heterocycles. The van der Waals surface area contributed by atoms with Gasteiger partial charge in [0.15, 0.2) is 0 Å². The van der Waals surface area contributed by atoms with E-state index in [-0.39, 0.29) is 0 Å². The zero-order valence-corrected chi connectivity index (χ0v) is 32.1. The first kappa shape index (κ1) is 31.5. The molecule has 0 fully saturated rings. The van der Waals surface area contributed by atoms with Crippen molar-refractivity contribution in [3.05, 3.63) is 182 Å². The summed E-state index contributed by atoms with van der Waals surface area (Å²) >= 11 is 0. The summed E-state index contributed by atoms with van der Waals surface area (Å²) in [4.78, 5) is 0. The van der Waals surface area contributed by atoms with Crippen LogP contribution in [0.2, 0.25) is 13.1 Å². The average Bonchev–Trinajstić information content (AvgIpc) is 3.97. The minimum atomic E-state index is -2.04. The van der Waals surface area contributed by atoms with Crippen LogP contribution in [0.3, 0.4) is 0 Å². The van der Waals surface area contributed by atoms with E-state index in [1.165, 1.54) is 76.8 Å². The highest BCUT2D eigenvalue weighted by atomic mass is 28.3. The molecule has 0 amide bonds. The molecule has 11 aromatic rings. The van der Waals surface area contributed by atoms with Crippen molar-refractivity contribution in [1.29, 1.82) is 0 Å². The van der Waals surface area contributed by atoms with E-state index in [4.69, 9.17) is 4.42 Å². The lowest BCUT2D eigenvalue weighted by molar-refractivity contribution is 0.670. The Morgan fingerprint density at radius 3 is 1.82 bits per heavy atom. The van der Waals surface area contributed by atoms with Gasteiger partial charge in [0.25, 0.3) is 0 Å². The first-order chi connectivity index (χ1) is 27.5. The van der Waals surface area contributed by atoms with Gasteiger partial charge in [0.1, 0.15) is 19.2 Å². The molecule has 0 bridgehead atoms. The topological polar surface area (TPSA) is 23.0 Å². The van der Waals surface area contributed by atoms with Crippen LogP contribution in [0, 0.1) is 0 Å². The van der Waals surface area contributed by atoms with Crippen molar-refractivity contribution in [1.82, 2.24) is 9.13 Å². The fourth-order valence-electron chi connectivity index (χ4n) is 9.77. The number of hydrogen-bond acceptors (Lipinski definition) is 1.